The summed E-state index contributed by atoms with van der Waals surface area (Å²) in [6, 6.07) is 7.28. The molecule has 1 saturated heterocycles. The van der Waals surface area contributed by atoms with Crippen LogP contribution in [-0.2, 0) is 15.7 Å². The van der Waals surface area contributed by atoms with Crippen LogP contribution in [0.2, 0.25) is 5.02 Å². The molecule has 3 rings (SSSR count). The first kappa shape index (κ1) is 23.2. The minimum atomic E-state index is -4.70. The van der Waals surface area contributed by atoms with Gasteiger partial charge in [-0.05, 0) is 30.3 Å². The van der Waals surface area contributed by atoms with E-state index in [9.17, 15) is 28.1 Å². The first-order valence-electron chi connectivity index (χ1n) is 9.05. The van der Waals surface area contributed by atoms with Crippen LogP contribution in [0.4, 0.5) is 30.2 Å². The Balaban J connectivity index is 1.72. The minimum absolute atomic E-state index is 0.0346. The van der Waals surface area contributed by atoms with E-state index in [-0.39, 0.29) is 10.6 Å². The van der Waals surface area contributed by atoms with Crippen LogP contribution in [-0.4, -0.2) is 42.9 Å². The maximum Gasteiger partial charge on any atom is 0.416 e. The summed E-state index contributed by atoms with van der Waals surface area (Å²) in [7, 11) is 0. The second-order valence-electron chi connectivity index (χ2n) is 6.54. The van der Waals surface area contributed by atoms with Crippen molar-refractivity contribution in [2.75, 3.05) is 42.3 Å². The molecule has 1 N–H and O–H groups in total. The zero-order chi connectivity index (χ0) is 22.6. The monoisotopic (exact) mass is 475 g/mol. The van der Waals surface area contributed by atoms with Gasteiger partial charge in [-0.1, -0.05) is 11.6 Å². The number of anilines is 2. The molecule has 0 aromatic heterocycles. The van der Waals surface area contributed by atoms with E-state index in [0.717, 1.165) is 29.6 Å². The Morgan fingerprint density at radius 2 is 1.94 bits per heavy atom. The van der Waals surface area contributed by atoms with Crippen LogP contribution in [0.1, 0.15) is 5.56 Å². The van der Waals surface area contributed by atoms with Crippen LogP contribution in [0.15, 0.2) is 41.3 Å². The second-order valence-corrected chi connectivity index (χ2v) is 7.99. The van der Waals surface area contributed by atoms with E-state index in [1.165, 1.54) is 0 Å². The number of carbonyl (C=O) groups excluding carboxylic acids is 1. The molecule has 0 atom stereocenters. The number of hydrogen-bond donors (Lipinski definition) is 1. The molecule has 0 unspecified atom stereocenters. The fraction of sp³-hybridized carbons (Fsp3) is 0.316. The highest BCUT2D eigenvalue weighted by atomic mass is 35.5. The normalized spacial score (nSPS) is 14.4. The number of hydrogen-bond acceptors (Lipinski definition) is 6. The lowest BCUT2D eigenvalue weighted by atomic mass is 10.2. The van der Waals surface area contributed by atoms with Crippen molar-refractivity contribution in [1.29, 1.82) is 0 Å². The standard InChI is InChI=1S/C19H17ClF3N3O4S/c20-13-2-3-15(25-5-7-30-8-6-25)14(10-13)24-18(27)11-31-17-4-1-12(19(21,22)23)9-16(17)26(28)29/h1-4,9-10H,5-8,11H2,(H,24,27). The maximum absolute atomic E-state index is 12.8. The summed E-state index contributed by atoms with van der Waals surface area (Å²) in [5.41, 5.74) is -0.597. The maximum atomic E-state index is 12.8. The van der Waals surface area contributed by atoms with Crippen molar-refractivity contribution in [2.45, 2.75) is 11.1 Å². The number of rotatable bonds is 6. The topological polar surface area (TPSA) is 84.7 Å². The van der Waals surface area contributed by atoms with E-state index in [2.05, 4.69) is 5.32 Å². The van der Waals surface area contributed by atoms with Crippen LogP contribution >= 0.6 is 23.4 Å². The zero-order valence-corrected chi connectivity index (χ0v) is 17.5. The number of alkyl halides is 3. The summed E-state index contributed by atoms with van der Waals surface area (Å²) < 4.78 is 43.8. The van der Waals surface area contributed by atoms with Gasteiger partial charge >= 0.3 is 6.18 Å². The highest BCUT2D eigenvalue weighted by Gasteiger charge is 2.33. The van der Waals surface area contributed by atoms with Gasteiger partial charge in [0.2, 0.25) is 5.91 Å². The summed E-state index contributed by atoms with van der Waals surface area (Å²) >= 11 is 6.83. The van der Waals surface area contributed by atoms with Crippen LogP contribution in [0.25, 0.3) is 0 Å². The summed E-state index contributed by atoms with van der Waals surface area (Å²) in [6.07, 6.45) is -4.70. The van der Waals surface area contributed by atoms with Crippen LogP contribution in [0.5, 0.6) is 0 Å². The molecule has 0 bridgehead atoms. The average molecular weight is 476 g/mol. The molecule has 0 spiro atoms. The predicted octanol–water partition coefficient (Wildman–Crippen LogP) is 4.83. The van der Waals surface area contributed by atoms with Gasteiger partial charge in [-0.3, -0.25) is 14.9 Å². The molecule has 1 heterocycles. The Morgan fingerprint density at radius 1 is 1.23 bits per heavy atom. The molecule has 2 aromatic rings. The Bertz CT molecular complexity index is 984. The predicted molar refractivity (Wildman–Crippen MR) is 112 cm³/mol. The third-order valence-corrected chi connectivity index (χ3v) is 5.72. The number of carbonyl (C=O) groups is 1. The highest BCUT2D eigenvalue weighted by Crippen LogP contribution is 2.37. The number of ether oxygens (including phenoxy) is 1. The number of amides is 1. The molecule has 1 aliphatic heterocycles. The molecular weight excluding hydrogens is 459 g/mol. The molecule has 1 fully saturated rings. The van der Waals surface area contributed by atoms with Crippen molar-refractivity contribution >= 4 is 46.3 Å². The number of nitrogens with one attached hydrogen (secondary N) is 1. The van der Waals surface area contributed by atoms with E-state index in [0.29, 0.717) is 43.1 Å². The number of nitro benzene ring substituents is 1. The van der Waals surface area contributed by atoms with E-state index in [4.69, 9.17) is 16.3 Å². The fourth-order valence-corrected chi connectivity index (χ4v) is 3.95. The Morgan fingerprint density at radius 3 is 2.58 bits per heavy atom. The van der Waals surface area contributed by atoms with Gasteiger partial charge in [0, 0.05) is 24.2 Å². The SMILES string of the molecule is O=C(CSc1ccc(C(F)(F)F)cc1[N+](=O)[O-])Nc1cc(Cl)ccc1N1CCOCC1. The quantitative estimate of drug-likeness (QED) is 0.366. The molecule has 12 heteroatoms. The van der Waals surface area contributed by atoms with Crippen molar-refractivity contribution in [2.24, 2.45) is 0 Å². The number of benzene rings is 2. The molecule has 1 amide bonds. The first-order valence-corrected chi connectivity index (χ1v) is 10.4. The molecule has 31 heavy (non-hydrogen) atoms. The molecular formula is C19H17ClF3N3O4S. The number of morpholine rings is 1. The van der Waals surface area contributed by atoms with Crippen LogP contribution in [0, 0.1) is 10.1 Å². The minimum Gasteiger partial charge on any atom is -0.378 e. The summed E-state index contributed by atoms with van der Waals surface area (Å²) in [4.78, 5) is 24.8. The number of halogens is 4. The summed E-state index contributed by atoms with van der Waals surface area (Å²) in [5, 5.41) is 14.3. The van der Waals surface area contributed by atoms with Gasteiger partial charge in [0.25, 0.3) is 5.69 Å². The van der Waals surface area contributed by atoms with Crippen molar-refractivity contribution < 1.29 is 27.6 Å². The average Bonchev–Trinajstić information content (AvgIpc) is 2.72. The van der Waals surface area contributed by atoms with Gasteiger partial charge in [0.15, 0.2) is 0 Å². The summed E-state index contributed by atoms with van der Waals surface area (Å²) in [5.74, 6) is -0.711. The highest BCUT2D eigenvalue weighted by molar-refractivity contribution is 8.00. The van der Waals surface area contributed by atoms with Crippen molar-refractivity contribution in [3.63, 3.8) is 0 Å². The lowest BCUT2D eigenvalue weighted by Gasteiger charge is -2.30. The van der Waals surface area contributed by atoms with Crippen molar-refractivity contribution in [3.05, 3.63) is 57.1 Å². The van der Waals surface area contributed by atoms with Crippen molar-refractivity contribution in [3.8, 4) is 0 Å². The van der Waals surface area contributed by atoms with E-state index in [1.54, 1.807) is 18.2 Å². The smallest absolute Gasteiger partial charge is 0.378 e. The van der Waals surface area contributed by atoms with Gasteiger partial charge in [-0.2, -0.15) is 13.2 Å². The van der Waals surface area contributed by atoms with E-state index < -0.39 is 28.3 Å². The first-order chi connectivity index (χ1) is 14.6. The van der Waals surface area contributed by atoms with Gasteiger partial charge in [0.1, 0.15) is 0 Å². The molecule has 0 radical (unpaired) electrons. The number of nitro groups is 1. The number of thioether (sulfide) groups is 1. The van der Waals surface area contributed by atoms with Gasteiger partial charge in [-0.15, -0.1) is 11.8 Å². The molecule has 0 aliphatic carbocycles. The molecule has 1 aliphatic rings. The van der Waals surface area contributed by atoms with E-state index in [1.807, 2.05) is 4.90 Å². The Labute approximate surface area is 184 Å². The molecule has 0 saturated carbocycles. The lowest BCUT2D eigenvalue weighted by Crippen LogP contribution is -2.36. The van der Waals surface area contributed by atoms with Gasteiger partial charge in [0.05, 0.1) is 45.7 Å². The van der Waals surface area contributed by atoms with Crippen LogP contribution in [0.3, 0.4) is 0 Å². The number of nitrogens with zero attached hydrogens (tertiary/aromatic N) is 2. The molecule has 7 nitrogen and oxygen atoms in total. The summed E-state index contributed by atoms with van der Waals surface area (Å²) in [6.45, 7) is 2.36. The van der Waals surface area contributed by atoms with Crippen LogP contribution < -0.4 is 10.2 Å². The zero-order valence-electron chi connectivity index (χ0n) is 15.9. The lowest BCUT2D eigenvalue weighted by molar-refractivity contribution is -0.388. The van der Waals surface area contributed by atoms with Gasteiger partial charge in [-0.25, -0.2) is 0 Å². The third-order valence-electron chi connectivity index (χ3n) is 4.43. The largest absolute Gasteiger partial charge is 0.416 e. The molecule has 166 valence electrons. The third kappa shape index (κ3) is 6.02. The Kier molecular flexibility index (Phi) is 7.29. The Hall–Kier alpha value is -2.50. The van der Waals surface area contributed by atoms with Gasteiger partial charge < -0.3 is 15.0 Å². The van der Waals surface area contributed by atoms with E-state index >= 15 is 0 Å². The van der Waals surface area contributed by atoms with Crippen molar-refractivity contribution in [1.82, 2.24) is 0 Å². The second kappa shape index (κ2) is 9.75. The fourth-order valence-electron chi connectivity index (χ4n) is 2.98. The molecule has 2 aromatic carbocycles.